The zero-order valence-electron chi connectivity index (χ0n) is 13.4. The third-order valence-corrected chi connectivity index (χ3v) is 4.63. The van der Waals surface area contributed by atoms with Crippen molar-refractivity contribution in [1.82, 2.24) is 0 Å². The Morgan fingerprint density at radius 3 is 2.00 bits per heavy atom. The van der Waals surface area contributed by atoms with Gasteiger partial charge in [0.05, 0.1) is 11.5 Å². The largest absolute Gasteiger partial charge is 0.416 e. The second kappa shape index (κ2) is 6.66. The molecule has 0 aromatic heterocycles. The first-order valence-electron chi connectivity index (χ1n) is 7.88. The minimum absolute atomic E-state index is 0.185. The van der Waals surface area contributed by atoms with Gasteiger partial charge in [-0.25, -0.2) is 0 Å². The monoisotopic (exact) mass is 364 g/mol. The predicted molar refractivity (Wildman–Crippen MR) is 85.5 cm³/mol. The molecule has 0 bridgehead atoms. The number of alkyl halides is 3. The van der Waals surface area contributed by atoms with Crippen molar-refractivity contribution in [2.24, 2.45) is 5.92 Å². The number of hydrogen-bond donors (Lipinski definition) is 2. The van der Waals surface area contributed by atoms with Gasteiger partial charge in [-0.1, -0.05) is 42.5 Å². The van der Waals surface area contributed by atoms with E-state index in [0.29, 0.717) is 0 Å². The van der Waals surface area contributed by atoms with Crippen molar-refractivity contribution in [2.75, 3.05) is 0 Å². The lowest BCUT2D eigenvalue weighted by molar-refractivity contribution is -0.137. The quantitative estimate of drug-likeness (QED) is 0.821. The van der Waals surface area contributed by atoms with E-state index < -0.39 is 47.3 Å². The molecule has 1 saturated carbocycles. The number of carbonyl (C=O) groups excluding carboxylic acids is 2. The normalized spacial score (nSPS) is 26.1. The molecule has 4 nitrogen and oxygen atoms in total. The molecule has 1 fully saturated rings. The van der Waals surface area contributed by atoms with Gasteiger partial charge in [-0.3, -0.25) is 9.59 Å². The molecule has 0 heterocycles. The van der Waals surface area contributed by atoms with E-state index in [4.69, 9.17) is 0 Å². The topological polar surface area (TPSA) is 74.6 Å². The van der Waals surface area contributed by atoms with E-state index in [9.17, 15) is 33.0 Å². The summed E-state index contributed by atoms with van der Waals surface area (Å²) in [6, 6.07) is 11.8. The Hall–Kier alpha value is -2.51. The molecule has 1 aliphatic rings. The lowest BCUT2D eigenvalue weighted by atomic mass is 9.82. The lowest BCUT2D eigenvalue weighted by Gasteiger charge is -2.22. The molecule has 0 radical (unpaired) electrons. The smallest absolute Gasteiger partial charge is 0.385 e. The van der Waals surface area contributed by atoms with Gasteiger partial charge < -0.3 is 10.2 Å². The van der Waals surface area contributed by atoms with Crippen LogP contribution in [0.15, 0.2) is 54.6 Å². The number of carbonyl (C=O) groups is 2. The molecule has 2 aromatic rings. The zero-order valence-corrected chi connectivity index (χ0v) is 13.4. The molecule has 4 unspecified atom stereocenters. The number of benzene rings is 2. The molecule has 0 saturated heterocycles. The van der Waals surface area contributed by atoms with E-state index in [-0.39, 0.29) is 11.1 Å². The van der Waals surface area contributed by atoms with Crippen molar-refractivity contribution in [1.29, 1.82) is 0 Å². The molecule has 0 spiro atoms. The zero-order chi connectivity index (χ0) is 19.1. The Balaban J connectivity index is 2.00. The van der Waals surface area contributed by atoms with Gasteiger partial charge >= 0.3 is 6.18 Å². The number of ketones is 2. The lowest BCUT2D eigenvalue weighted by Crippen LogP contribution is -2.30. The fourth-order valence-electron chi connectivity index (χ4n) is 3.31. The third kappa shape index (κ3) is 3.15. The second-order valence-electron chi connectivity index (χ2n) is 6.19. The van der Waals surface area contributed by atoms with Crippen LogP contribution >= 0.6 is 0 Å². The number of aliphatic hydroxyl groups is 2. The van der Waals surface area contributed by atoms with Gasteiger partial charge in [-0.2, -0.15) is 13.2 Å². The Morgan fingerprint density at radius 2 is 1.46 bits per heavy atom. The molecule has 1 aliphatic carbocycles. The van der Waals surface area contributed by atoms with Gasteiger partial charge in [0.1, 0.15) is 12.2 Å². The van der Waals surface area contributed by atoms with Crippen LogP contribution in [0.25, 0.3) is 0 Å². The molecule has 0 aliphatic heterocycles. The molecule has 3 rings (SSSR count). The van der Waals surface area contributed by atoms with Crippen molar-refractivity contribution in [2.45, 2.75) is 24.3 Å². The summed E-state index contributed by atoms with van der Waals surface area (Å²) in [6.07, 6.45) is -7.91. The Morgan fingerprint density at radius 1 is 0.885 bits per heavy atom. The third-order valence-electron chi connectivity index (χ3n) is 4.63. The van der Waals surface area contributed by atoms with Gasteiger partial charge in [-0.05, 0) is 17.7 Å². The SMILES string of the molecule is O=C1C(O)C(C(=O)c2ccccc2)C(c2ccc(C(F)(F)F)cc2)C1O. The average Bonchev–Trinajstić information content (AvgIpc) is 2.85. The first kappa shape index (κ1) is 18.3. The summed E-state index contributed by atoms with van der Waals surface area (Å²) in [4.78, 5) is 24.8. The average molecular weight is 364 g/mol. The summed E-state index contributed by atoms with van der Waals surface area (Å²) in [5, 5.41) is 20.4. The number of aliphatic hydroxyl groups excluding tert-OH is 2. The fourth-order valence-corrected chi connectivity index (χ4v) is 3.31. The van der Waals surface area contributed by atoms with E-state index in [1.165, 1.54) is 12.1 Å². The Labute approximate surface area is 146 Å². The van der Waals surface area contributed by atoms with Gasteiger partial charge in [0, 0.05) is 11.5 Å². The molecule has 4 atom stereocenters. The highest BCUT2D eigenvalue weighted by Gasteiger charge is 2.52. The van der Waals surface area contributed by atoms with E-state index >= 15 is 0 Å². The van der Waals surface area contributed by atoms with Crippen molar-refractivity contribution in [3.05, 3.63) is 71.3 Å². The van der Waals surface area contributed by atoms with Crippen molar-refractivity contribution in [3.63, 3.8) is 0 Å². The number of halogens is 3. The van der Waals surface area contributed by atoms with Crippen molar-refractivity contribution in [3.8, 4) is 0 Å². The van der Waals surface area contributed by atoms with E-state index in [1.807, 2.05) is 0 Å². The fraction of sp³-hybridized carbons (Fsp3) is 0.263. The number of hydrogen-bond acceptors (Lipinski definition) is 4. The highest BCUT2D eigenvalue weighted by atomic mass is 19.4. The molecule has 7 heteroatoms. The molecule has 2 aromatic carbocycles. The van der Waals surface area contributed by atoms with Crippen LogP contribution in [0, 0.1) is 5.92 Å². The van der Waals surface area contributed by atoms with Gasteiger partial charge in [0.25, 0.3) is 0 Å². The molecule has 0 amide bonds. The minimum atomic E-state index is -4.53. The molecular formula is C19H15F3O4. The standard InChI is InChI=1S/C19H15F3O4/c20-19(21,22)12-8-6-10(7-9-12)13-14(17(25)18(26)16(13)24)15(23)11-4-2-1-3-5-11/h1-9,13-14,16-17,24-25H. The molecular weight excluding hydrogens is 349 g/mol. The van der Waals surface area contributed by atoms with Crippen LogP contribution in [0.3, 0.4) is 0 Å². The van der Waals surface area contributed by atoms with Crippen LogP contribution in [0.4, 0.5) is 13.2 Å². The first-order valence-corrected chi connectivity index (χ1v) is 7.88. The first-order chi connectivity index (χ1) is 12.2. The summed E-state index contributed by atoms with van der Waals surface area (Å²) in [6.45, 7) is 0. The van der Waals surface area contributed by atoms with Crippen LogP contribution in [0.2, 0.25) is 0 Å². The maximum absolute atomic E-state index is 12.8. The number of rotatable bonds is 3. The maximum Gasteiger partial charge on any atom is 0.416 e. The summed E-state index contributed by atoms with van der Waals surface area (Å²) < 4.78 is 38.2. The Kier molecular flexibility index (Phi) is 4.68. The summed E-state index contributed by atoms with van der Waals surface area (Å²) >= 11 is 0. The van der Waals surface area contributed by atoms with Crippen LogP contribution < -0.4 is 0 Å². The number of Topliss-reactive ketones (excluding diaryl/α,β-unsaturated/α-hetero) is 2. The van der Waals surface area contributed by atoms with Crippen LogP contribution in [-0.4, -0.2) is 34.0 Å². The van der Waals surface area contributed by atoms with Gasteiger partial charge in [0.2, 0.25) is 0 Å². The van der Waals surface area contributed by atoms with Crippen molar-refractivity contribution < 1.29 is 33.0 Å². The van der Waals surface area contributed by atoms with E-state index in [0.717, 1.165) is 24.3 Å². The Bertz CT molecular complexity index is 815. The van der Waals surface area contributed by atoms with Gasteiger partial charge in [-0.15, -0.1) is 0 Å². The van der Waals surface area contributed by atoms with Crippen LogP contribution in [0.5, 0.6) is 0 Å². The van der Waals surface area contributed by atoms with E-state index in [2.05, 4.69) is 0 Å². The molecule has 136 valence electrons. The predicted octanol–water partition coefficient (Wildman–Crippen LogP) is 2.59. The highest BCUT2D eigenvalue weighted by Crippen LogP contribution is 2.41. The van der Waals surface area contributed by atoms with Crippen LogP contribution in [-0.2, 0) is 11.0 Å². The van der Waals surface area contributed by atoms with Crippen molar-refractivity contribution >= 4 is 11.6 Å². The summed E-state index contributed by atoms with van der Waals surface area (Å²) in [7, 11) is 0. The van der Waals surface area contributed by atoms with E-state index in [1.54, 1.807) is 18.2 Å². The highest BCUT2D eigenvalue weighted by molar-refractivity contribution is 6.05. The second-order valence-corrected chi connectivity index (χ2v) is 6.19. The summed E-state index contributed by atoms with van der Waals surface area (Å²) in [5.41, 5.74) is -0.452. The maximum atomic E-state index is 12.8. The molecule has 2 N–H and O–H groups in total. The van der Waals surface area contributed by atoms with Crippen LogP contribution in [0.1, 0.15) is 27.4 Å². The molecule has 26 heavy (non-hydrogen) atoms. The minimum Gasteiger partial charge on any atom is -0.385 e. The summed E-state index contributed by atoms with van der Waals surface area (Å²) in [5.74, 6) is -3.85. The van der Waals surface area contributed by atoms with Gasteiger partial charge in [0.15, 0.2) is 11.6 Å².